The quantitative estimate of drug-likeness (QED) is 0.376. The highest BCUT2D eigenvalue weighted by atomic mass is 32.1. The molecule has 1 aliphatic heterocycles. The lowest BCUT2D eigenvalue weighted by molar-refractivity contribution is -0.384. The van der Waals surface area contributed by atoms with E-state index in [2.05, 4.69) is 10.3 Å². The predicted molar refractivity (Wildman–Crippen MR) is 108 cm³/mol. The number of benzene rings is 1. The molecular formula is C18H12N4O5S2. The number of hydrogen-bond acceptors (Lipinski definition) is 8. The van der Waals surface area contributed by atoms with Crippen LogP contribution >= 0.6 is 22.7 Å². The lowest BCUT2D eigenvalue weighted by atomic mass is 10.2. The van der Waals surface area contributed by atoms with E-state index in [4.69, 9.17) is 0 Å². The fourth-order valence-corrected chi connectivity index (χ4v) is 4.42. The normalized spacial score (nSPS) is 13.7. The van der Waals surface area contributed by atoms with Gasteiger partial charge in [0.25, 0.3) is 11.6 Å². The zero-order chi connectivity index (χ0) is 20.5. The second-order valence-electron chi connectivity index (χ2n) is 6.09. The summed E-state index contributed by atoms with van der Waals surface area (Å²) in [4.78, 5) is 52.7. The summed E-state index contributed by atoms with van der Waals surface area (Å²) in [6.45, 7) is 0. The van der Waals surface area contributed by atoms with Crippen molar-refractivity contribution in [1.82, 2.24) is 4.98 Å². The van der Waals surface area contributed by atoms with Gasteiger partial charge in [-0.3, -0.25) is 34.7 Å². The van der Waals surface area contributed by atoms with Gasteiger partial charge in [-0.2, -0.15) is 0 Å². The van der Waals surface area contributed by atoms with Crippen molar-refractivity contribution in [2.45, 2.75) is 12.8 Å². The molecule has 146 valence electrons. The van der Waals surface area contributed by atoms with Gasteiger partial charge < -0.3 is 0 Å². The van der Waals surface area contributed by atoms with Gasteiger partial charge >= 0.3 is 0 Å². The molecule has 3 amide bonds. The summed E-state index contributed by atoms with van der Waals surface area (Å²) >= 11 is 2.39. The van der Waals surface area contributed by atoms with Crippen molar-refractivity contribution >= 4 is 56.9 Å². The minimum Gasteiger partial charge on any atom is -0.298 e. The summed E-state index contributed by atoms with van der Waals surface area (Å²) in [6, 6.07) is 7.68. The van der Waals surface area contributed by atoms with Crippen molar-refractivity contribution in [2.75, 3.05) is 10.2 Å². The Morgan fingerprint density at radius 1 is 1.14 bits per heavy atom. The molecule has 1 saturated heterocycles. The maximum atomic E-state index is 12.6. The van der Waals surface area contributed by atoms with Crippen LogP contribution in [0.5, 0.6) is 0 Å². The average Bonchev–Trinajstić information content (AvgIpc) is 3.42. The monoisotopic (exact) mass is 428 g/mol. The molecule has 0 aliphatic carbocycles. The fourth-order valence-electron chi connectivity index (χ4n) is 2.82. The Labute approximate surface area is 171 Å². The Morgan fingerprint density at radius 3 is 2.59 bits per heavy atom. The largest absolute Gasteiger partial charge is 0.298 e. The fraction of sp³-hybridized carbons (Fsp3) is 0.111. The van der Waals surface area contributed by atoms with Crippen LogP contribution in [-0.2, 0) is 9.59 Å². The van der Waals surface area contributed by atoms with E-state index >= 15 is 0 Å². The second kappa shape index (κ2) is 7.53. The van der Waals surface area contributed by atoms with E-state index in [9.17, 15) is 24.5 Å². The van der Waals surface area contributed by atoms with Gasteiger partial charge in [-0.1, -0.05) is 6.07 Å². The van der Waals surface area contributed by atoms with Gasteiger partial charge in [0.2, 0.25) is 11.8 Å². The minimum absolute atomic E-state index is 0.00796. The van der Waals surface area contributed by atoms with Crippen molar-refractivity contribution in [1.29, 1.82) is 0 Å². The Morgan fingerprint density at radius 2 is 1.90 bits per heavy atom. The zero-order valence-electron chi connectivity index (χ0n) is 14.7. The number of imide groups is 1. The summed E-state index contributed by atoms with van der Waals surface area (Å²) in [6.07, 6.45) is 0.329. The van der Waals surface area contributed by atoms with Crippen molar-refractivity contribution in [2.24, 2.45) is 0 Å². The third-order valence-corrected chi connectivity index (χ3v) is 5.89. The van der Waals surface area contributed by atoms with E-state index in [0.29, 0.717) is 21.4 Å². The van der Waals surface area contributed by atoms with Crippen molar-refractivity contribution in [3.63, 3.8) is 0 Å². The Hall–Kier alpha value is -3.44. The summed E-state index contributed by atoms with van der Waals surface area (Å²) in [7, 11) is 0. The van der Waals surface area contributed by atoms with E-state index in [1.54, 1.807) is 23.6 Å². The van der Waals surface area contributed by atoms with Gasteiger partial charge in [-0.05, 0) is 18.2 Å². The molecule has 3 heterocycles. The van der Waals surface area contributed by atoms with E-state index in [-0.39, 0.29) is 35.9 Å². The van der Waals surface area contributed by atoms with Gasteiger partial charge in [0.05, 0.1) is 26.6 Å². The van der Waals surface area contributed by atoms with E-state index in [1.807, 2.05) is 0 Å². The number of thiophene rings is 1. The molecule has 0 bridgehead atoms. The molecule has 2 aromatic heterocycles. The van der Waals surface area contributed by atoms with Gasteiger partial charge in [-0.25, -0.2) is 4.98 Å². The van der Waals surface area contributed by atoms with Crippen molar-refractivity contribution < 1.29 is 19.3 Å². The number of nitro groups is 1. The molecule has 0 radical (unpaired) electrons. The number of anilines is 2. The first-order valence-electron chi connectivity index (χ1n) is 8.38. The molecule has 0 spiro atoms. The Kier molecular flexibility index (Phi) is 4.91. The molecule has 9 nitrogen and oxygen atoms in total. The number of hydrogen-bond donors (Lipinski definition) is 1. The first kappa shape index (κ1) is 18.9. The van der Waals surface area contributed by atoms with Gasteiger partial charge in [0.1, 0.15) is 0 Å². The van der Waals surface area contributed by atoms with Crippen LogP contribution in [0.15, 0.2) is 41.1 Å². The number of aromatic nitrogens is 1. The SMILES string of the molecule is O=C(Nc1nc(-c2cc([N+](=O)[O-])cs2)cs1)c1cccc(N2C(=O)CCC2=O)c1. The Balaban J connectivity index is 1.51. The van der Waals surface area contributed by atoms with Gasteiger partial charge in [-0.15, -0.1) is 22.7 Å². The lowest BCUT2D eigenvalue weighted by Crippen LogP contribution is -2.28. The summed E-state index contributed by atoms with van der Waals surface area (Å²) in [5.74, 6) is -1.02. The average molecular weight is 428 g/mol. The molecule has 3 aromatic rings. The molecular weight excluding hydrogens is 416 g/mol. The number of thiazole rings is 1. The predicted octanol–water partition coefficient (Wildman–Crippen LogP) is 3.69. The molecule has 29 heavy (non-hydrogen) atoms. The van der Waals surface area contributed by atoms with Crippen LogP contribution in [-0.4, -0.2) is 27.6 Å². The molecule has 11 heteroatoms. The van der Waals surface area contributed by atoms with Crippen LogP contribution < -0.4 is 10.2 Å². The molecule has 4 rings (SSSR count). The minimum atomic E-state index is -0.474. The zero-order valence-corrected chi connectivity index (χ0v) is 16.3. The molecule has 0 unspecified atom stereocenters. The summed E-state index contributed by atoms with van der Waals surface area (Å²) in [5.41, 5.74) is 1.16. The molecule has 1 fully saturated rings. The number of nitrogens with one attached hydrogen (secondary N) is 1. The number of amides is 3. The maximum Gasteiger partial charge on any atom is 0.280 e. The highest BCUT2D eigenvalue weighted by molar-refractivity contribution is 7.16. The lowest BCUT2D eigenvalue weighted by Gasteiger charge is -2.14. The van der Waals surface area contributed by atoms with E-state index in [1.165, 1.54) is 40.2 Å². The summed E-state index contributed by atoms with van der Waals surface area (Å²) < 4.78 is 0. The highest BCUT2D eigenvalue weighted by Crippen LogP contribution is 2.33. The standard InChI is InChI=1S/C18H12N4O5S2/c23-15-4-5-16(24)21(15)11-3-1-2-10(6-11)17(25)20-18-19-13(9-29-18)14-7-12(8-28-14)22(26)27/h1-3,6-9H,4-5H2,(H,19,20,25). The first-order chi connectivity index (χ1) is 13.9. The summed E-state index contributed by atoms with van der Waals surface area (Å²) in [5, 5.41) is 16.9. The van der Waals surface area contributed by atoms with Crippen LogP contribution in [0.3, 0.4) is 0 Å². The van der Waals surface area contributed by atoms with Crippen molar-refractivity contribution in [3.05, 3.63) is 56.8 Å². The molecule has 0 saturated carbocycles. The second-order valence-corrected chi connectivity index (χ2v) is 7.86. The third kappa shape index (κ3) is 3.77. The Bertz CT molecular complexity index is 1140. The highest BCUT2D eigenvalue weighted by Gasteiger charge is 2.30. The number of nitrogens with zero attached hydrogens (tertiary/aromatic N) is 3. The maximum absolute atomic E-state index is 12.6. The van der Waals surface area contributed by atoms with E-state index < -0.39 is 10.8 Å². The third-order valence-electron chi connectivity index (χ3n) is 4.19. The number of rotatable bonds is 5. The van der Waals surface area contributed by atoms with Gasteiger partial charge in [0.15, 0.2) is 5.13 Å². The molecule has 1 aliphatic rings. The molecule has 0 atom stereocenters. The molecule has 1 N–H and O–H groups in total. The van der Waals surface area contributed by atoms with Crippen LogP contribution in [0.25, 0.3) is 10.6 Å². The van der Waals surface area contributed by atoms with Crippen LogP contribution in [0.1, 0.15) is 23.2 Å². The smallest absolute Gasteiger partial charge is 0.280 e. The van der Waals surface area contributed by atoms with E-state index in [0.717, 1.165) is 4.90 Å². The first-order valence-corrected chi connectivity index (χ1v) is 10.1. The topological polar surface area (TPSA) is 123 Å². The van der Waals surface area contributed by atoms with Crippen LogP contribution in [0, 0.1) is 10.1 Å². The molecule has 1 aromatic carbocycles. The van der Waals surface area contributed by atoms with Crippen molar-refractivity contribution in [3.8, 4) is 10.6 Å². The number of carbonyl (C=O) groups is 3. The van der Waals surface area contributed by atoms with Gasteiger partial charge in [0, 0.05) is 29.9 Å². The van der Waals surface area contributed by atoms with Crippen LogP contribution in [0.4, 0.5) is 16.5 Å². The van der Waals surface area contributed by atoms with Crippen LogP contribution in [0.2, 0.25) is 0 Å². The number of carbonyl (C=O) groups excluding carboxylic acids is 3.